The third-order valence-electron chi connectivity index (χ3n) is 2.90. The van der Waals surface area contributed by atoms with Crippen molar-refractivity contribution in [3.63, 3.8) is 0 Å². The zero-order chi connectivity index (χ0) is 11.5. The molecule has 16 heavy (non-hydrogen) atoms. The van der Waals surface area contributed by atoms with Crippen LogP contribution in [0, 0.1) is 0 Å². The lowest BCUT2D eigenvalue weighted by atomic mass is 10.2. The second kappa shape index (κ2) is 5.00. The highest BCUT2D eigenvalue weighted by Gasteiger charge is 2.28. The molecule has 0 saturated heterocycles. The molecule has 1 saturated carbocycles. The average molecular weight is 241 g/mol. The van der Waals surface area contributed by atoms with Crippen molar-refractivity contribution in [2.45, 2.75) is 51.6 Å². The van der Waals surface area contributed by atoms with Gasteiger partial charge < -0.3 is 4.74 Å². The molecule has 1 aliphatic carbocycles. The first-order chi connectivity index (χ1) is 7.74. The zero-order valence-corrected chi connectivity index (χ0v) is 10.5. The molecule has 1 heterocycles. The Morgan fingerprint density at radius 3 is 2.62 bits per heavy atom. The molecule has 1 aliphatic rings. The summed E-state index contributed by atoms with van der Waals surface area (Å²) in [5, 5.41) is 0.506. The first-order valence-corrected chi connectivity index (χ1v) is 6.31. The van der Waals surface area contributed by atoms with Gasteiger partial charge in [0, 0.05) is 5.92 Å². The van der Waals surface area contributed by atoms with Crippen LogP contribution in [0.3, 0.4) is 0 Å². The number of hydrogen-bond acceptors (Lipinski definition) is 3. The first kappa shape index (κ1) is 11.6. The number of nitrogens with zero attached hydrogens (tertiary/aromatic N) is 2. The van der Waals surface area contributed by atoms with Crippen molar-refractivity contribution in [1.29, 1.82) is 0 Å². The summed E-state index contributed by atoms with van der Waals surface area (Å²) in [5.41, 5.74) is 0.929. The van der Waals surface area contributed by atoms with E-state index in [4.69, 9.17) is 16.3 Å². The minimum absolute atomic E-state index is 0.206. The molecule has 0 unspecified atom stereocenters. The van der Waals surface area contributed by atoms with Crippen molar-refractivity contribution in [2.24, 2.45) is 0 Å². The molecule has 4 heteroatoms. The van der Waals surface area contributed by atoms with Gasteiger partial charge in [0.05, 0.1) is 18.0 Å². The van der Waals surface area contributed by atoms with E-state index in [1.807, 2.05) is 0 Å². The Balaban J connectivity index is 2.08. The Labute approximate surface area is 101 Å². The lowest BCUT2D eigenvalue weighted by molar-refractivity contribution is 0.184. The van der Waals surface area contributed by atoms with Crippen molar-refractivity contribution in [2.75, 3.05) is 0 Å². The summed E-state index contributed by atoms with van der Waals surface area (Å²) in [6.07, 6.45) is 6.21. The molecule has 0 radical (unpaired) electrons. The first-order valence-electron chi connectivity index (χ1n) is 5.93. The molecule has 0 spiro atoms. The number of rotatable bonds is 5. The predicted octanol–water partition coefficient (Wildman–Crippen LogP) is 3.57. The summed E-state index contributed by atoms with van der Waals surface area (Å²) in [4.78, 5) is 8.59. The molecule has 3 nitrogen and oxygen atoms in total. The maximum absolute atomic E-state index is 6.08. The Hall–Kier alpha value is -0.830. The van der Waals surface area contributed by atoms with Crippen LogP contribution in [-0.2, 0) is 0 Å². The van der Waals surface area contributed by atoms with E-state index in [1.165, 1.54) is 12.8 Å². The van der Waals surface area contributed by atoms with Crippen LogP contribution < -0.4 is 4.74 Å². The van der Waals surface area contributed by atoms with Crippen LogP contribution in [-0.4, -0.2) is 16.1 Å². The third kappa shape index (κ3) is 2.64. The lowest BCUT2D eigenvalue weighted by Gasteiger charge is -2.14. The molecule has 1 aromatic rings. The van der Waals surface area contributed by atoms with Gasteiger partial charge in [-0.1, -0.05) is 25.4 Å². The normalized spacial score (nSPS) is 15.5. The number of aromatic nitrogens is 2. The lowest BCUT2D eigenvalue weighted by Crippen LogP contribution is -2.14. The van der Waals surface area contributed by atoms with E-state index < -0.39 is 0 Å². The monoisotopic (exact) mass is 240 g/mol. The van der Waals surface area contributed by atoms with Gasteiger partial charge in [-0.3, -0.25) is 4.98 Å². The topological polar surface area (TPSA) is 35.0 Å². The van der Waals surface area contributed by atoms with Crippen molar-refractivity contribution in [1.82, 2.24) is 9.97 Å². The molecule has 0 N–H and O–H groups in total. The van der Waals surface area contributed by atoms with Crippen LogP contribution in [0.1, 0.15) is 51.1 Å². The minimum Gasteiger partial charge on any atom is -0.473 e. The number of ether oxygens (including phenoxy) is 1. The molecule has 88 valence electrons. The minimum atomic E-state index is 0.206. The summed E-state index contributed by atoms with van der Waals surface area (Å²) in [5.74, 6) is 1.07. The van der Waals surface area contributed by atoms with Crippen LogP contribution in [0.15, 0.2) is 6.20 Å². The SMILES string of the molecule is CCC(CC)Oc1cnc(C2CC2)c(Cl)n1. The Morgan fingerprint density at radius 1 is 1.44 bits per heavy atom. The molecule has 0 bridgehead atoms. The van der Waals surface area contributed by atoms with E-state index in [2.05, 4.69) is 23.8 Å². The van der Waals surface area contributed by atoms with Crippen LogP contribution in [0.25, 0.3) is 0 Å². The van der Waals surface area contributed by atoms with E-state index in [9.17, 15) is 0 Å². The highest BCUT2D eigenvalue weighted by molar-refractivity contribution is 6.30. The van der Waals surface area contributed by atoms with E-state index in [-0.39, 0.29) is 6.10 Å². The summed E-state index contributed by atoms with van der Waals surface area (Å²) in [7, 11) is 0. The van der Waals surface area contributed by atoms with Crippen LogP contribution in [0.4, 0.5) is 0 Å². The van der Waals surface area contributed by atoms with Gasteiger partial charge in [-0.25, -0.2) is 0 Å². The van der Waals surface area contributed by atoms with E-state index in [0.29, 0.717) is 17.0 Å². The summed E-state index contributed by atoms with van der Waals surface area (Å²) < 4.78 is 5.69. The van der Waals surface area contributed by atoms with Crippen LogP contribution >= 0.6 is 11.6 Å². The second-order valence-electron chi connectivity index (χ2n) is 4.21. The van der Waals surface area contributed by atoms with Crippen molar-refractivity contribution >= 4 is 11.6 Å². The van der Waals surface area contributed by atoms with Gasteiger partial charge in [-0.05, 0) is 25.7 Å². The van der Waals surface area contributed by atoms with Gasteiger partial charge in [0.15, 0.2) is 5.15 Å². The van der Waals surface area contributed by atoms with Crippen LogP contribution in [0.2, 0.25) is 5.15 Å². The number of hydrogen-bond donors (Lipinski definition) is 0. The van der Waals surface area contributed by atoms with Gasteiger partial charge in [0.2, 0.25) is 5.88 Å². The Bertz CT molecular complexity index is 362. The van der Waals surface area contributed by atoms with Gasteiger partial charge in [0.1, 0.15) is 0 Å². The van der Waals surface area contributed by atoms with E-state index in [1.54, 1.807) is 6.20 Å². The molecule has 2 rings (SSSR count). The van der Waals surface area contributed by atoms with Gasteiger partial charge in [-0.15, -0.1) is 0 Å². The fraction of sp³-hybridized carbons (Fsp3) is 0.667. The Morgan fingerprint density at radius 2 is 2.12 bits per heavy atom. The van der Waals surface area contributed by atoms with Crippen molar-refractivity contribution < 1.29 is 4.74 Å². The van der Waals surface area contributed by atoms with Gasteiger partial charge >= 0.3 is 0 Å². The maximum atomic E-state index is 6.08. The molecule has 1 aromatic heterocycles. The molecule has 0 amide bonds. The van der Waals surface area contributed by atoms with Gasteiger partial charge in [0.25, 0.3) is 0 Å². The van der Waals surface area contributed by atoms with E-state index >= 15 is 0 Å². The Kier molecular flexibility index (Phi) is 3.64. The largest absolute Gasteiger partial charge is 0.473 e. The highest BCUT2D eigenvalue weighted by atomic mass is 35.5. The third-order valence-corrected chi connectivity index (χ3v) is 3.17. The molecular formula is C12H17ClN2O. The summed E-state index contributed by atoms with van der Waals surface area (Å²) in [6, 6.07) is 0. The van der Waals surface area contributed by atoms with Crippen LogP contribution in [0.5, 0.6) is 5.88 Å². The number of halogens is 1. The quantitative estimate of drug-likeness (QED) is 0.789. The molecule has 0 aromatic carbocycles. The molecule has 0 atom stereocenters. The maximum Gasteiger partial charge on any atom is 0.234 e. The van der Waals surface area contributed by atoms with E-state index in [0.717, 1.165) is 18.5 Å². The van der Waals surface area contributed by atoms with Gasteiger partial charge in [-0.2, -0.15) is 4.98 Å². The fourth-order valence-electron chi connectivity index (χ4n) is 1.67. The summed E-state index contributed by atoms with van der Waals surface area (Å²) >= 11 is 6.08. The summed E-state index contributed by atoms with van der Waals surface area (Å²) in [6.45, 7) is 4.20. The van der Waals surface area contributed by atoms with Crippen molar-refractivity contribution in [3.8, 4) is 5.88 Å². The standard InChI is InChI=1S/C12H17ClN2O/c1-3-9(4-2)16-10-7-14-11(8-5-6-8)12(13)15-10/h7-9H,3-6H2,1-2H3. The smallest absolute Gasteiger partial charge is 0.234 e. The molecule has 0 aliphatic heterocycles. The van der Waals surface area contributed by atoms with Crippen molar-refractivity contribution in [3.05, 3.63) is 17.0 Å². The molecular weight excluding hydrogens is 224 g/mol. The predicted molar refractivity (Wildman–Crippen MR) is 64.0 cm³/mol. The zero-order valence-electron chi connectivity index (χ0n) is 9.74. The second-order valence-corrected chi connectivity index (χ2v) is 4.57. The molecule has 1 fully saturated rings. The highest BCUT2D eigenvalue weighted by Crippen LogP contribution is 2.41. The fourth-order valence-corrected chi connectivity index (χ4v) is 1.96. The average Bonchev–Trinajstić information content (AvgIpc) is 3.10.